The molecular weight excluding hydrogens is 476 g/mol. The number of carbonyl (C=O) groups excluding carboxylic acids is 3. The van der Waals surface area contributed by atoms with E-state index in [1.54, 1.807) is 42.5 Å². The number of aromatic amines is 1. The molecule has 7 rings (SSSR count). The van der Waals surface area contributed by atoms with Crippen molar-refractivity contribution in [2.24, 2.45) is 11.8 Å². The number of nitrogens with one attached hydrogen (secondary N) is 3. The van der Waals surface area contributed by atoms with Crippen molar-refractivity contribution in [2.45, 2.75) is 18.0 Å². The number of hydrogen-bond acceptors (Lipinski definition) is 4. The molecule has 1 spiro atoms. The summed E-state index contributed by atoms with van der Waals surface area (Å²) in [4.78, 5) is 46.1. The standard InChI is InChI=1S/C28H21ClN4O3/c29-16-10-11-21-19(13-16)28(27(36)31-21)24-23(25(34)33(26(24)35)17-6-2-1-3-7-17)22(32-28)12-15-14-30-20-9-5-4-8-18(15)20/h1-11,13-14,22-24,30,32H,12H2,(H,31,36)/t22-,23-,24+,28+/m1/s1. The number of benzene rings is 3. The Bertz CT molecular complexity index is 1580. The molecule has 2 saturated heterocycles. The number of amides is 3. The maximum absolute atomic E-state index is 14.0. The number of halogens is 1. The molecule has 3 aliphatic heterocycles. The SMILES string of the molecule is O=C1[C@H]2[C@@H](C(=O)N1c1ccccc1)[C@]1(N[C@@H]2Cc2c[nH]c3ccccc23)C(=O)Nc2ccc(Cl)cc21. The summed E-state index contributed by atoms with van der Waals surface area (Å²) in [6, 6.07) is 21.6. The second-order valence-corrected chi connectivity index (χ2v) is 10.1. The number of aromatic nitrogens is 1. The lowest BCUT2D eigenvalue weighted by Crippen LogP contribution is -2.53. The highest BCUT2D eigenvalue weighted by Crippen LogP contribution is 2.54. The van der Waals surface area contributed by atoms with E-state index >= 15 is 0 Å². The molecule has 4 aromatic rings. The van der Waals surface area contributed by atoms with E-state index in [0.29, 0.717) is 28.4 Å². The number of fused-ring (bicyclic) bond motifs is 5. The summed E-state index contributed by atoms with van der Waals surface area (Å²) >= 11 is 6.35. The molecule has 0 bridgehead atoms. The molecule has 3 aromatic carbocycles. The number of para-hydroxylation sites is 2. The van der Waals surface area contributed by atoms with Gasteiger partial charge in [-0.15, -0.1) is 0 Å². The normalized spacial score (nSPS) is 26.6. The van der Waals surface area contributed by atoms with E-state index in [1.807, 2.05) is 36.5 Å². The molecule has 3 amide bonds. The monoisotopic (exact) mass is 496 g/mol. The highest BCUT2D eigenvalue weighted by molar-refractivity contribution is 6.31. The van der Waals surface area contributed by atoms with Gasteiger partial charge in [0.15, 0.2) is 0 Å². The van der Waals surface area contributed by atoms with Gasteiger partial charge in [0.05, 0.1) is 17.5 Å². The topological polar surface area (TPSA) is 94.3 Å². The maximum Gasteiger partial charge on any atom is 0.250 e. The van der Waals surface area contributed by atoms with Gasteiger partial charge in [0.1, 0.15) is 5.54 Å². The van der Waals surface area contributed by atoms with Crippen LogP contribution in [0, 0.1) is 11.8 Å². The van der Waals surface area contributed by atoms with Crippen molar-refractivity contribution in [3.05, 3.63) is 95.1 Å². The third-order valence-electron chi connectivity index (χ3n) is 7.81. The van der Waals surface area contributed by atoms with Crippen LogP contribution in [0.4, 0.5) is 11.4 Å². The van der Waals surface area contributed by atoms with Crippen molar-refractivity contribution in [2.75, 3.05) is 10.2 Å². The van der Waals surface area contributed by atoms with Crippen LogP contribution in [-0.2, 0) is 26.3 Å². The fourth-order valence-corrected chi connectivity index (χ4v) is 6.49. The molecule has 0 radical (unpaired) electrons. The van der Waals surface area contributed by atoms with Crippen LogP contribution in [0.2, 0.25) is 5.02 Å². The Hall–Kier alpha value is -3.94. The molecule has 7 nitrogen and oxygen atoms in total. The smallest absolute Gasteiger partial charge is 0.250 e. The van der Waals surface area contributed by atoms with Crippen molar-refractivity contribution < 1.29 is 14.4 Å². The minimum atomic E-state index is -1.39. The van der Waals surface area contributed by atoms with Gasteiger partial charge in [-0.25, -0.2) is 4.90 Å². The average molecular weight is 497 g/mol. The van der Waals surface area contributed by atoms with E-state index in [0.717, 1.165) is 16.5 Å². The van der Waals surface area contributed by atoms with Crippen LogP contribution in [0.5, 0.6) is 0 Å². The predicted molar refractivity (Wildman–Crippen MR) is 137 cm³/mol. The maximum atomic E-state index is 14.0. The van der Waals surface area contributed by atoms with Crippen LogP contribution >= 0.6 is 11.6 Å². The first kappa shape index (κ1) is 21.4. The third kappa shape index (κ3) is 2.75. The summed E-state index contributed by atoms with van der Waals surface area (Å²) in [7, 11) is 0. The zero-order valence-electron chi connectivity index (χ0n) is 19.0. The third-order valence-corrected chi connectivity index (χ3v) is 8.04. The summed E-state index contributed by atoms with van der Waals surface area (Å²) in [5, 5.41) is 7.91. The van der Waals surface area contributed by atoms with E-state index in [1.165, 1.54) is 4.90 Å². The Labute approximate surface area is 211 Å². The highest BCUT2D eigenvalue weighted by atomic mass is 35.5. The van der Waals surface area contributed by atoms with Gasteiger partial charge in [-0.3, -0.25) is 19.7 Å². The largest absolute Gasteiger partial charge is 0.361 e. The number of rotatable bonds is 3. The molecule has 3 aliphatic rings. The number of hydrogen-bond donors (Lipinski definition) is 3. The van der Waals surface area contributed by atoms with Gasteiger partial charge in [-0.2, -0.15) is 0 Å². The lowest BCUT2D eigenvalue weighted by molar-refractivity contribution is -0.130. The van der Waals surface area contributed by atoms with E-state index in [2.05, 4.69) is 15.6 Å². The van der Waals surface area contributed by atoms with E-state index in [4.69, 9.17) is 11.6 Å². The predicted octanol–water partition coefficient (Wildman–Crippen LogP) is 3.99. The number of H-pyrrole nitrogens is 1. The lowest BCUT2D eigenvalue weighted by Gasteiger charge is -2.29. The van der Waals surface area contributed by atoms with E-state index < -0.39 is 23.4 Å². The van der Waals surface area contributed by atoms with Crippen molar-refractivity contribution >= 4 is 51.6 Å². The molecule has 0 aliphatic carbocycles. The molecule has 178 valence electrons. The van der Waals surface area contributed by atoms with Gasteiger partial charge in [0, 0.05) is 39.4 Å². The summed E-state index contributed by atoms with van der Waals surface area (Å²) in [6.45, 7) is 0. The van der Waals surface area contributed by atoms with Gasteiger partial charge in [-0.05, 0) is 48.4 Å². The van der Waals surface area contributed by atoms with Crippen molar-refractivity contribution in [3.8, 4) is 0 Å². The first-order chi connectivity index (χ1) is 17.5. The Kier molecular flexibility index (Phi) is 4.46. The highest BCUT2D eigenvalue weighted by Gasteiger charge is 2.70. The van der Waals surface area contributed by atoms with Crippen LogP contribution in [0.15, 0.2) is 79.0 Å². The summed E-state index contributed by atoms with van der Waals surface area (Å²) in [5.74, 6) is -2.64. The minimum Gasteiger partial charge on any atom is -0.361 e. The average Bonchev–Trinajstić information content (AvgIpc) is 3.59. The van der Waals surface area contributed by atoms with Crippen molar-refractivity contribution in [1.29, 1.82) is 0 Å². The quantitative estimate of drug-likeness (QED) is 0.374. The molecule has 0 unspecified atom stereocenters. The second kappa shape index (κ2) is 7.53. The zero-order chi connectivity index (χ0) is 24.6. The number of anilines is 2. The summed E-state index contributed by atoms with van der Waals surface area (Å²) < 4.78 is 0. The Balaban J connectivity index is 1.39. The van der Waals surface area contributed by atoms with E-state index in [9.17, 15) is 14.4 Å². The summed E-state index contributed by atoms with van der Waals surface area (Å²) in [5.41, 5.74) is 2.33. The molecular formula is C28H21ClN4O3. The first-order valence-corrected chi connectivity index (χ1v) is 12.2. The van der Waals surface area contributed by atoms with Gasteiger partial charge in [0.25, 0.3) is 0 Å². The second-order valence-electron chi connectivity index (χ2n) is 9.62. The van der Waals surface area contributed by atoms with Gasteiger partial charge >= 0.3 is 0 Å². The first-order valence-electron chi connectivity index (χ1n) is 11.9. The molecule has 1 aromatic heterocycles. The number of imide groups is 1. The fourth-order valence-electron chi connectivity index (χ4n) is 6.32. The molecule has 3 N–H and O–H groups in total. The van der Waals surface area contributed by atoms with Gasteiger partial charge in [0.2, 0.25) is 17.7 Å². The Morgan fingerprint density at radius 1 is 0.917 bits per heavy atom. The molecule has 4 atom stereocenters. The van der Waals surface area contributed by atoms with Gasteiger partial charge < -0.3 is 10.3 Å². The van der Waals surface area contributed by atoms with Crippen molar-refractivity contribution in [1.82, 2.24) is 10.3 Å². The lowest BCUT2D eigenvalue weighted by atomic mass is 9.76. The minimum absolute atomic E-state index is 0.298. The number of nitrogens with zero attached hydrogens (tertiary/aromatic N) is 1. The fraction of sp³-hybridized carbons (Fsp3) is 0.179. The Morgan fingerprint density at radius 3 is 2.53 bits per heavy atom. The Morgan fingerprint density at radius 2 is 1.69 bits per heavy atom. The summed E-state index contributed by atoms with van der Waals surface area (Å²) in [6.07, 6.45) is 2.40. The van der Waals surface area contributed by atoms with Crippen molar-refractivity contribution in [3.63, 3.8) is 0 Å². The number of carbonyl (C=O) groups is 3. The van der Waals surface area contributed by atoms with E-state index in [-0.39, 0.29) is 17.7 Å². The van der Waals surface area contributed by atoms with Gasteiger partial charge in [-0.1, -0.05) is 48.0 Å². The molecule has 4 heterocycles. The molecule has 36 heavy (non-hydrogen) atoms. The van der Waals surface area contributed by atoms with Crippen LogP contribution < -0.4 is 15.5 Å². The van der Waals surface area contributed by atoms with Crippen LogP contribution in [0.3, 0.4) is 0 Å². The molecule has 2 fully saturated rings. The molecule has 8 heteroatoms. The van der Waals surface area contributed by atoms with Crippen LogP contribution in [-0.4, -0.2) is 28.7 Å². The zero-order valence-corrected chi connectivity index (χ0v) is 19.8. The van der Waals surface area contributed by atoms with Crippen LogP contribution in [0.25, 0.3) is 10.9 Å². The molecule has 0 saturated carbocycles. The van der Waals surface area contributed by atoms with Crippen LogP contribution in [0.1, 0.15) is 11.1 Å².